The Kier molecular flexibility index (Phi) is 32.7. The van der Waals surface area contributed by atoms with E-state index in [4.69, 9.17) is 18.5 Å². The van der Waals surface area contributed by atoms with E-state index in [2.05, 4.69) is 86.8 Å². The fourth-order valence-corrected chi connectivity index (χ4v) is 6.90. The Hall–Kier alpha value is -2.97. The molecular formula is C46H75O13P. The lowest BCUT2D eigenvalue weighted by Crippen LogP contribution is -2.64. The van der Waals surface area contributed by atoms with Crippen LogP contribution in [0.3, 0.4) is 0 Å². The molecule has 1 fully saturated rings. The molecule has 342 valence electrons. The maximum absolute atomic E-state index is 12.8. The Balaban J connectivity index is 2.55. The zero-order chi connectivity index (χ0) is 44.3. The number of carbonyl (C=O) groups is 2. The largest absolute Gasteiger partial charge is 0.472 e. The summed E-state index contributed by atoms with van der Waals surface area (Å²) in [7, 11) is -5.14. The van der Waals surface area contributed by atoms with Gasteiger partial charge in [0.15, 0.2) is 6.10 Å². The van der Waals surface area contributed by atoms with Crippen LogP contribution in [-0.2, 0) is 32.7 Å². The summed E-state index contributed by atoms with van der Waals surface area (Å²) in [5.74, 6) is -1.19. The highest BCUT2D eigenvalue weighted by Gasteiger charge is 2.51. The van der Waals surface area contributed by atoms with Gasteiger partial charge in [0, 0.05) is 12.8 Å². The minimum atomic E-state index is -5.14. The molecule has 1 rings (SSSR count). The van der Waals surface area contributed by atoms with Gasteiger partial charge in [-0.25, -0.2) is 4.57 Å². The summed E-state index contributed by atoms with van der Waals surface area (Å²) < 4.78 is 33.4. The van der Waals surface area contributed by atoms with Crippen LogP contribution in [0.15, 0.2) is 85.1 Å². The number of unbranched alkanes of at least 4 members (excludes halogenated alkanes) is 8. The van der Waals surface area contributed by atoms with Gasteiger partial charge in [-0.1, -0.05) is 131 Å². The molecule has 0 aromatic heterocycles. The van der Waals surface area contributed by atoms with Crippen molar-refractivity contribution >= 4 is 19.8 Å². The van der Waals surface area contributed by atoms with Gasteiger partial charge in [-0.3, -0.25) is 18.6 Å². The van der Waals surface area contributed by atoms with Crippen molar-refractivity contribution in [2.75, 3.05) is 13.2 Å². The monoisotopic (exact) mass is 866 g/mol. The van der Waals surface area contributed by atoms with Crippen LogP contribution in [0.4, 0.5) is 0 Å². The highest BCUT2D eigenvalue weighted by Crippen LogP contribution is 2.47. The van der Waals surface area contributed by atoms with Gasteiger partial charge in [0.25, 0.3) is 0 Å². The zero-order valence-corrected chi connectivity index (χ0v) is 36.9. The first kappa shape index (κ1) is 55.0. The van der Waals surface area contributed by atoms with Gasteiger partial charge in [0.05, 0.1) is 6.61 Å². The number of phosphoric ester groups is 1. The molecule has 6 unspecified atom stereocenters. The second kappa shape index (κ2) is 35.6. The molecule has 13 nitrogen and oxygen atoms in total. The highest BCUT2D eigenvalue weighted by molar-refractivity contribution is 7.47. The van der Waals surface area contributed by atoms with E-state index >= 15 is 0 Å². The van der Waals surface area contributed by atoms with E-state index in [1.165, 1.54) is 12.8 Å². The molecule has 14 heteroatoms. The first-order valence-electron chi connectivity index (χ1n) is 21.9. The lowest BCUT2D eigenvalue weighted by Gasteiger charge is -2.41. The summed E-state index contributed by atoms with van der Waals surface area (Å²) >= 11 is 0. The molecule has 1 aliphatic carbocycles. The molecule has 6 N–H and O–H groups in total. The van der Waals surface area contributed by atoms with E-state index < -0.39 is 75.7 Å². The van der Waals surface area contributed by atoms with Gasteiger partial charge < -0.3 is 39.9 Å². The molecule has 1 saturated carbocycles. The van der Waals surface area contributed by atoms with Gasteiger partial charge in [-0.2, -0.15) is 0 Å². The minimum absolute atomic E-state index is 0.0104. The number of allylic oxidation sites excluding steroid dienone is 14. The van der Waals surface area contributed by atoms with E-state index in [1.54, 1.807) is 0 Å². The van der Waals surface area contributed by atoms with Crippen molar-refractivity contribution in [1.29, 1.82) is 0 Å². The lowest BCUT2D eigenvalue weighted by atomic mass is 9.85. The molecule has 0 bridgehead atoms. The van der Waals surface area contributed by atoms with Crippen LogP contribution in [-0.4, -0.2) is 98.3 Å². The third-order valence-electron chi connectivity index (χ3n) is 9.47. The highest BCUT2D eigenvalue weighted by atomic mass is 31.2. The number of carbonyl (C=O) groups excluding carboxylic acids is 2. The Morgan fingerprint density at radius 2 is 0.967 bits per heavy atom. The summed E-state index contributed by atoms with van der Waals surface area (Å²) in [4.78, 5) is 35.6. The van der Waals surface area contributed by atoms with Crippen molar-refractivity contribution in [2.24, 2.45) is 0 Å². The van der Waals surface area contributed by atoms with Crippen LogP contribution in [0.1, 0.15) is 136 Å². The molecule has 0 spiro atoms. The van der Waals surface area contributed by atoms with Gasteiger partial charge in [0.1, 0.15) is 43.2 Å². The van der Waals surface area contributed by atoms with Crippen molar-refractivity contribution < 1.29 is 63.1 Å². The van der Waals surface area contributed by atoms with Crippen LogP contribution >= 0.6 is 7.82 Å². The molecule has 60 heavy (non-hydrogen) atoms. The molecule has 0 heterocycles. The maximum Gasteiger partial charge on any atom is 0.472 e. The Morgan fingerprint density at radius 3 is 1.50 bits per heavy atom. The molecule has 0 aromatic carbocycles. The van der Waals surface area contributed by atoms with Gasteiger partial charge >= 0.3 is 19.8 Å². The quantitative estimate of drug-likeness (QED) is 0.0157. The zero-order valence-electron chi connectivity index (χ0n) is 36.0. The van der Waals surface area contributed by atoms with Crippen molar-refractivity contribution in [3.05, 3.63) is 85.1 Å². The Labute approximate surface area is 358 Å². The predicted octanol–water partition coefficient (Wildman–Crippen LogP) is 8.11. The molecule has 0 radical (unpaired) electrons. The SMILES string of the molecule is CC/C=C\C/C=C\C/C=C\C/C=C\C/C=C\CCCC(=O)O[C@H](COC(=O)CCCCCCC/C=C\C/C=C\CCCC)COP(=O)(O)OC1C(O)C(O)C(O)[C@@H](O)C1O. The molecule has 0 aliphatic heterocycles. The number of aliphatic hydroxyl groups excluding tert-OH is 5. The fourth-order valence-electron chi connectivity index (χ4n) is 5.93. The van der Waals surface area contributed by atoms with E-state index in [9.17, 15) is 44.6 Å². The Morgan fingerprint density at radius 1 is 0.533 bits per heavy atom. The fraction of sp³-hybridized carbons (Fsp3) is 0.652. The van der Waals surface area contributed by atoms with Crippen LogP contribution < -0.4 is 0 Å². The average Bonchev–Trinajstić information content (AvgIpc) is 3.23. The normalized spacial score (nSPS) is 23.0. The van der Waals surface area contributed by atoms with Crippen LogP contribution in [0, 0.1) is 0 Å². The number of hydrogen-bond acceptors (Lipinski definition) is 12. The van der Waals surface area contributed by atoms with E-state index in [-0.39, 0.29) is 12.8 Å². The van der Waals surface area contributed by atoms with Crippen molar-refractivity contribution in [3.8, 4) is 0 Å². The summed E-state index contributed by atoms with van der Waals surface area (Å²) in [5.41, 5.74) is 0. The third kappa shape index (κ3) is 27.8. The second-order valence-electron chi connectivity index (χ2n) is 14.8. The number of hydrogen-bond donors (Lipinski definition) is 6. The van der Waals surface area contributed by atoms with Gasteiger partial charge in [0.2, 0.25) is 0 Å². The molecule has 1 aliphatic rings. The van der Waals surface area contributed by atoms with Crippen LogP contribution in [0.2, 0.25) is 0 Å². The van der Waals surface area contributed by atoms with Crippen molar-refractivity contribution in [1.82, 2.24) is 0 Å². The van der Waals surface area contributed by atoms with Gasteiger partial charge in [-0.05, 0) is 77.0 Å². The number of aliphatic hydroxyl groups is 5. The van der Waals surface area contributed by atoms with E-state index in [1.807, 2.05) is 12.2 Å². The third-order valence-corrected chi connectivity index (χ3v) is 10.5. The smallest absolute Gasteiger partial charge is 0.462 e. The number of ether oxygens (including phenoxy) is 2. The molecule has 0 saturated heterocycles. The predicted molar refractivity (Wildman–Crippen MR) is 235 cm³/mol. The summed E-state index contributed by atoms with van der Waals surface area (Å²) in [5, 5.41) is 50.1. The topological polar surface area (TPSA) is 210 Å². The maximum atomic E-state index is 12.8. The van der Waals surface area contributed by atoms with Crippen molar-refractivity contribution in [3.63, 3.8) is 0 Å². The first-order valence-corrected chi connectivity index (χ1v) is 23.4. The first-order chi connectivity index (χ1) is 28.9. The summed E-state index contributed by atoms with van der Waals surface area (Å²) in [6, 6.07) is 0. The number of rotatable bonds is 34. The van der Waals surface area contributed by atoms with E-state index in [0.717, 1.165) is 77.0 Å². The van der Waals surface area contributed by atoms with Gasteiger partial charge in [-0.15, -0.1) is 0 Å². The lowest BCUT2D eigenvalue weighted by molar-refractivity contribution is -0.220. The van der Waals surface area contributed by atoms with Crippen molar-refractivity contribution in [2.45, 2.75) is 179 Å². The van der Waals surface area contributed by atoms with Crippen LogP contribution in [0.5, 0.6) is 0 Å². The standard InChI is InChI=1S/C46H75O13P/c1-3-5-7-9-11-13-15-17-19-20-21-23-25-27-29-31-33-35-40(48)58-38(37-57-60(54,55)59-46-44(52)42(50)41(49)43(51)45(46)53)36-56-39(47)34-32-30-28-26-24-22-18-16-14-12-10-8-6-4-2/h5,7,10-13,16-19,21,23,27,29,38,41-46,49-53H,3-4,6,8-9,14-15,20,22,24-26,28,30-37H2,1-2H3,(H,54,55)/b7-5-,12-10-,13-11-,18-16-,19-17-,23-21-,29-27-/t38-,41?,42-,43?,44?,45?,46?/m1/s1. The molecule has 0 amide bonds. The second-order valence-corrected chi connectivity index (χ2v) is 16.2. The number of phosphoric acid groups is 1. The number of esters is 2. The Bertz CT molecular complexity index is 1370. The van der Waals surface area contributed by atoms with Crippen LogP contribution in [0.25, 0.3) is 0 Å². The summed E-state index contributed by atoms with van der Waals surface area (Å²) in [6.45, 7) is 3.06. The molecule has 0 aromatic rings. The average molecular weight is 867 g/mol. The minimum Gasteiger partial charge on any atom is -0.462 e. The molecular weight excluding hydrogens is 791 g/mol. The summed E-state index contributed by atoms with van der Waals surface area (Å²) in [6.07, 6.45) is 32.2. The van der Waals surface area contributed by atoms with E-state index in [0.29, 0.717) is 19.3 Å². The molecule has 8 atom stereocenters.